The molecule has 0 aromatic carbocycles. The van der Waals surface area contributed by atoms with Crippen LogP contribution in [0.4, 0.5) is 0 Å². The highest BCUT2D eigenvalue weighted by Crippen LogP contribution is 2.03. The van der Waals surface area contributed by atoms with Gasteiger partial charge in [0.25, 0.3) is 0 Å². The molecular weight excluding hydrogens is 766 g/mol. The predicted molar refractivity (Wildman–Crippen MR) is 198 cm³/mol. The van der Waals surface area contributed by atoms with Gasteiger partial charge in [-0.1, -0.05) is 0 Å². The number of aromatic amines is 3. The lowest BCUT2D eigenvalue weighted by Gasteiger charge is -2.20. The lowest BCUT2D eigenvalue weighted by atomic mass is 10.1. The van der Waals surface area contributed by atoms with Gasteiger partial charge in [-0.2, -0.15) is 0 Å². The van der Waals surface area contributed by atoms with Crippen LogP contribution in [0.15, 0.2) is 37.6 Å². The Labute approximate surface area is 330 Å². The van der Waals surface area contributed by atoms with E-state index in [9.17, 15) is 43.2 Å². The van der Waals surface area contributed by atoms with Crippen LogP contribution in [0.1, 0.15) is 36.3 Å². The van der Waals surface area contributed by atoms with Crippen LogP contribution < -0.4 is 48.3 Å². The predicted octanol–water partition coefficient (Wildman–Crippen LogP) is -5.87. The van der Waals surface area contributed by atoms with Gasteiger partial charge in [0.05, 0.1) is 32.1 Å². The van der Waals surface area contributed by atoms with Gasteiger partial charge in [0.15, 0.2) is 0 Å². The minimum Gasteiger partial charge on any atom is -0.480 e. The fourth-order valence-electron chi connectivity index (χ4n) is 5.04. The van der Waals surface area contributed by atoms with Crippen LogP contribution >= 0.6 is 0 Å². The maximum Gasteiger partial charge on any atom is 0.322 e. The largest absolute Gasteiger partial charge is 0.480 e. The van der Waals surface area contributed by atoms with Gasteiger partial charge in [0.1, 0.15) is 24.7 Å². The van der Waals surface area contributed by atoms with Gasteiger partial charge in [0.2, 0.25) is 47.3 Å². The SMILES string of the molecule is NCC(=O)NCC(=O)NCCC(=O)N[C@@H](Cc1cnc[nH]1)C(=O)NCCC(=O)N[C@@H](Cc1cnc[nH]1)C(=O)NCCC(=O)N[C@@H](Cc1cnc[nH]1)C(=O)NCC(=O)O. The molecule has 314 valence electrons. The van der Waals surface area contributed by atoms with Crippen LogP contribution in [0.25, 0.3) is 0 Å². The Morgan fingerprint density at radius 3 is 1.24 bits per heavy atom. The number of hydrogen-bond acceptors (Lipinski definition) is 13. The number of nitrogens with one attached hydrogen (secondary N) is 11. The average molecular weight is 814 g/mol. The molecular formula is C33H47N15O10. The Hall–Kier alpha value is -7.18. The van der Waals surface area contributed by atoms with Gasteiger partial charge in [-0.3, -0.25) is 43.2 Å². The monoisotopic (exact) mass is 813 g/mol. The number of carboxylic acid groups (broad SMARTS) is 1. The first-order valence-corrected chi connectivity index (χ1v) is 17.9. The van der Waals surface area contributed by atoms with Crippen molar-refractivity contribution in [1.29, 1.82) is 0 Å². The summed E-state index contributed by atoms with van der Waals surface area (Å²) in [5.41, 5.74) is 6.72. The normalized spacial score (nSPS) is 12.2. The van der Waals surface area contributed by atoms with Crippen LogP contribution in [-0.2, 0) is 62.4 Å². The highest BCUT2D eigenvalue weighted by molar-refractivity contribution is 5.91. The van der Waals surface area contributed by atoms with Crippen molar-refractivity contribution in [1.82, 2.24) is 72.4 Å². The average Bonchev–Trinajstić information content (AvgIpc) is 4.01. The van der Waals surface area contributed by atoms with E-state index in [2.05, 4.69) is 72.4 Å². The summed E-state index contributed by atoms with van der Waals surface area (Å²) in [5.74, 6) is -6.14. The van der Waals surface area contributed by atoms with Gasteiger partial charge in [-0.25, -0.2) is 15.0 Å². The third-order valence-corrected chi connectivity index (χ3v) is 7.91. The Morgan fingerprint density at radius 2 is 0.897 bits per heavy atom. The van der Waals surface area contributed by atoms with E-state index in [1.165, 1.54) is 37.6 Å². The molecule has 58 heavy (non-hydrogen) atoms. The highest BCUT2D eigenvalue weighted by atomic mass is 16.4. The zero-order chi connectivity index (χ0) is 42.3. The number of aliphatic carboxylic acids is 1. The maximum absolute atomic E-state index is 13.2. The number of rotatable bonds is 26. The summed E-state index contributed by atoms with van der Waals surface area (Å²) < 4.78 is 0. The first-order chi connectivity index (χ1) is 27.8. The van der Waals surface area contributed by atoms with Crippen LogP contribution in [0.3, 0.4) is 0 Å². The van der Waals surface area contributed by atoms with Crippen molar-refractivity contribution in [3.63, 3.8) is 0 Å². The van der Waals surface area contributed by atoms with Gasteiger partial charge in [-0.15, -0.1) is 0 Å². The van der Waals surface area contributed by atoms with Crippen molar-refractivity contribution in [3.05, 3.63) is 54.7 Å². The molecule has 0 fully saturated rings. The number of carbonyl (C=O) groups excluding carboxylic acids is 8. The molecule has 0 saturated heterocycles. The molecule has 0 bridgehead atoms. The molecule has 0 aliphatic heterocycles. The van der Waals surface area contributed by atoms with E-state index in [-0.39, 0.29) is 71.2 Å². The summed E-state index contributed by atoms with van der Waals surface area (Å²) in [6.45, 7) is -1.70. The quantitative estimate of drug-likeness (QED) is 0.0359. The number of carbonyl (C=O) groups is 9. The Balaban J connectivity index is 1.50. The van der Waals surface area contributed by atoms with Crippen molar-refractivity contribution in [3.8, 4) is 0 Å². The highest BCUT2D eigenvalue weighted by Gasteiger charge is 2.26. The number of amides is 8. The number of H-pyrrole nitrogens is 3. The van der Waals surface area contributed by atoms with Crippen LogP contribution in [0, 0.1) is 0 Å². The van der Waals surface area contributed by atoms with E-state index in [4.69, 9.17) is 10.8 Å². The van der Waals surface area contributed by atoms with Gasteiger partial charge in [0, 0.05) is 93.8 Å². The molecule has 0 aliphatic carbocycles. The molecule has 3 rings (SSSR count). The van der Waals surface area contributed by atoms with Crippen LogP contribution in [-0.4, -0.2) is 146 Å². The summed E-state index contributed by atoms with van der Waals surface area (Å²) in [7, 11) is 0. The van der Waals surface area contributed by atoms with E-state index in [0.29, 0.717) is 17.1 Å². The summed E-state index contributed by atoms with van der Waals surface area (Å²) >= 11 is 0. The smallest absolute Gasteiger partial charge is 0.322 e. The number of nitrogens with two attached hydrogens (primary N) is 1. The number of carboxylic acids is 1. The van der Waals surface area contributed by atoms with E-state index < -0.39 is 77.9 Å². The number of imidazole rings is 3. The molecule has 25 nitrogen and oxygen atoms in total. The fraction of sp³-hybridized carbons (Fsp3) is 0.455. The zero-order valence-corrected chi connectivity index (χ0v) is 31.2. The molecule has 3 aromatic heterocycles. The van der Waals surface area contributed by atoms with Crippen molar-refractivity contribution < 1.29 is 48.3 Å². The minimum absolute atomic E-state index is 0.00673. The molecule has 0 unspecified atom stereocenters. The van der Waals surface area contributed by atoms with Crippen molar-refractivity contribution in [2.45, 2.75) is 56.7 Å². The molecule has 25 heteroatoms. The number of hydrogen-bond donors (Lipinski definition) is 13. The molecule has 3 atom stereocenters. The van der Waals surface area contributed by atoms with Crippen molar-refractivity contribution in [2.75, 3.05) is 39.3 Å². The fourth-order valence-corrected chi connectivity index (χ4v) is 5.04. The summed E-state index contributed by atoms with van der Waals surface area (Å²) in [4.78, 5) is 131. The minimum atomic E-state index is -1.27. The molecule has 0 radical (unpaired) electrons. The second kappa shape index (κ2) is 24.4. The van der Waals surface area contributed by atoms with E-state index in [1.807, 2.05) is 0 Å². The molecule has 0 spiro atoms. The second-order valence-electron chi connectivity index (χ2n) is 12.5. The Bertz CT molecular complexity index is 1820. The van der Waals surface area contributed by atoms with E-state index in [0.717, 1.165) is 0 Å². The van der Waals surface area contributed by atoms with Crippen LogP contribution in [0.5, 0.6) is 0 Å². The van der Waals surface area contributed by atoms with Crippen molar-refractivity contribution >= 4 is 53.2 Å². The van der Waals surface area contributed by atoms with Crippen LogP contribution in [0.2, 0.25) is 0 Å². The first-order valence-electron chi connectivity index (χ1n) is 17.9. The Kier molecular flexibility index (Phi) is 19.0. The molecule has 0 saturated carbocycles. The topological polar surface area (TPSA) is 382 Å². The number of nitrogens with zero attached hydrogens (tertiary/aromatic N) is 3. The standard InChI is InChI=1S/C33H47N15O10/c34-10-28(52)41-14-29(53)38-4-1-25(49)46-22(7-19-11-35-16-43-19)31(56)39-5-2-26(50)47-23(8-20-12-36-17-44-20)32(57)40-6-3-27(51)48-24(9-21-13-37-18-45-21)33(58)42-15-30(54)55/h11-13,16-18,22-24H,1-10,14-15,34H2,(H,35,43)(H,36,44)(H,37,45)(H,38,53)(H,39,56)(H,40,57)(H,41,52)(H,42,58)(H,46,49)(H,47,50)(H,48,51)(H,54,55)/t22-,23-,24-/m0/s1. The summed E-state index contributed by atoms with van der Waals surface area (Å²) in [5, 5.41) is 28.8. The summed E-state index contributed by atoms with van der Waals surface area (Å²) in [6.07, 6.45) is 7.81. The lowest BCUT2D eigenvalue weighted by Crippen LogP contribution is -2.51. The maximum atomic E-state index is 13.2. The van der Waals surface area contributed by atoms with Gasteiger partial charge in [-0.05, 0) is 0 Å². The van der Waals surface area contributed by atoms with Gasteiger partial charge < -0.3 is 68.3 Å². The molecule has 8 amide bonds. The lowest BCUT2D eigenvalue weighted by molar-refractivity contribution is -0.138. The summed E-state index contributed by atoms with van der Waals surface area (Å²) in [6, 6.07) is -3.37. The molecule has 14 N–H and O–H groups in total. The first kappa shape index (κ1) is 45.2. The molecule has 0 aliphatic rings. The number of aromatic nitrogens is 6. The third kappa shape index (κ3) is 17.5. The molecule has 3 aromatic rings. The molecule has 3 heterocycles. The second-order valence-corrected chi connectivity index (χ2v) is 12.5. The van der Waals surface area contributed by atoms with Crippen molar-refractivity contribution in [2.24, 2.45) is 5.73 Å². The van der Waals surface area contributed by atoms with Gasteiger partial charge >= 0.3 is 5.97 Å². The van der Waals surface area contributed by atoms with E-state index >= 15 is 0 Å². The zero-order valence-electron chi connectivity index (χ0n) is 31.2. The third-order valence-electron chi connectivity index (χ3n) is 7.91. The Morgan fingerprint density at radius 1 is 0.517 bits per heavy atom. The van der Waals surface area contributed by atoms with E-state index in [1.54, 1.807) is 0 Å².